The summed E-state index contributed by atoms with van der Waals surface area (Å²) in [4.78, 5) is 27.6. The van der Waals surface area contributed by atoms with Gasteiger partial charge in [0.1, 0.15) is 10.8 Å². The summed E-state index contributed by atoms with van der Waals surface area (Å²) < 4.78 is 4.87. The van der Waals surface area contributed by atoms with Gasteiger partial charge in [0.05, 0.1) is 18.7 Å². The number of aromatic nitrogens is 1. The van der Waals surface area contributed by atoms with E-state index < -0.39 is 11.6 Å². The minimum Gasteiger partial charge on any atom is -0.464 e. The zero-order valence-electron chi connectivity index (χ0n) is 11.0. The van der Waals surface area contributed by atoms with Gasteiger partial charge < -0.3 is 9.84 Å². The first-order valence-electron chi connectivity index (χ1n) is 6.32. The van der Waals surface area contributed by atoms with E-state index in [2.05, 4.69) is 4.98 Å². The van der Waals surface area contributed by atoms with E-state index in [0.717, 1.165) is 18.5 Å². The summed E-state index contributed by atoms with van der Waals surface area (Å²) in [6, 6.07) is 0. The average Bonchev–Trinajstić information content (AvgIpc) is 3.06. The molecule has 0 saturated heterocycles. The molecule has 0 amide bonds. The molecule has 2 rings (SSSR count). The predicted octanol–water partition coefficient (Wildman–Crippen LogP) is 1.75. The average molecular weight is 283 g/mol. The number of rotatable bonds is 6. The van der Waals surface area contributed by atoms with Crippen molar-refractivity contribution >= 4 is 23.1 Å². The summed E-state index contributed by atoms with van der Waals surface area (Å²) in [5, 5.41) is 12.6. The largest absolute Gasteiger partial charge is 0.464 e. The molecule has 0 aromatic carbocycles. The molecule has 1 N–H and O–H groups in total. The Labute approximate surface area is 115 Å². The lowest BCUT2D eigenvalue weighted by Gasteiger charge is -2.22. The number of hydrogen-bond acceptors (Lipinski definition) is 6. The number of nitrogens with zero attached hydrogens (tertiary/aromatic N) is 1. The quantitative estimate of drug-likeness (QED) is 0.805. The van der Waals surface area contributed by atoms with Crippen molar-refractivity contribution in [3.63, 3.8) is 0 Å². The Bertz CT molecular complexity index is 495. The lowest BCUT2D eigenvalue weighted by atomic mass is 9.98. The van der Waals surface area contributed by atoms with Crippen molar-refractivity contribution in [2.45, 2.75) is 44.6 Å². The van der Waals surface area contributed by atoms with Crippen LogP contribution in [0.15, 0.2) is 5.38 Å². The summed E-state index contributed by atoms with van der Waals surface area (Å²) in [5.74, 6) is -0.644. The zero-order valence-corrected chi connectivity index (χ0v) is 11.8. The normalized spacial score (nSPS) is 17.8. The first-order chi connectivity index (χ1) is 8.97. The number of hydrogen-bond donors (Lipinski definition) is 1. The molecular formula is C13H17NO4S. The van der Waals surface area contributed by atoms with Crippen LogP contribution in [0.25, 0.3) is 0 Å². The van der Waals surface area contributed by atoms with Gasteiger partial charge >= 0.3 is 5.97 Å². The highest BCUT2D eigenvalue weighted by Crippen LogP contribution is 2.42. The van der Waals surface area contributed by atoms with E-state index in [9.17, 15) is 14.7 Å². The lowest BCUT2D eigenvalue weighted by molar-refractivity contribution is -0.168. The number of aliphatic hydroxyl groups is 1. The smallest absolute Gasteiger partial charge is 0.345 e. The molecule has 0 radical (unpaired) electrons. The second-order valence-corrected chi connectivity index (χ2v) is 5.67. The van der Waals surface area contributed by atoms with E-state index in [1.54, 1.807) is 6.92 Å². The second-order valence-electron chi connectivity index (χ2n) is 4.81. The van der Waals surface area contributed by atoms with Gasteiger partial charge in [0.25, 0.3) is 0 Å². The summed E-state index contributed by atoms with van der Waals surface area (Å²) in [7, 11) is 0. The Hall–Kier alpha value is -1.27. The zero-order chi connectivity index (χ0) is 14.0. The molecule has 1 aliphatic rings. The van der Waals surface area contributed by atoms with Crippen molar-refractivity contribution in [1.29, 1.82) is 0 Å². The third-order valence-corrected chi connectivity index (χ3v) is 4.00. The van der Waals surface area contributed by atoms with E-state index in [0.29, 0.717) is 5.92 Å². The van der Waals surface area contributed by atoms with Crippen LogP contribution in [-0.2, 0) is 19.9 Å². The molecule has 104 valence electrons. The molecule has 6 heteroatoms. The molecule has 19 heavy (non-hydrogen) atoms. The Kier molecular flexibility index (Phi) is 4.01. The van der Waals surface area contributed by atoms with E-state index in [-0.39, 0.29) is 23.8 Å². The van der Waals surface area contributed by atoms with Crippen LogP contribution in [0.4, 0.5) is 0 Å². The van der Waals surface area contributed by atoms with Gasteiger partial charge in [-0.1, -0.05) is 0 Å². The predicted molar refractivity (Wildman–Crippen MR) is 69.9 cm³/mol. The Balaban J connectivity index is 2.28. The van der Waals surface area contributed by atoms with Crippen LogP contribution < -0.4 is 0 Å². The molecule has 1 unspecified atom stereocenters. The molecule has 1 atom stereocenters. The first-order valence-corrected chi connectivity index (χ1v) is 7.20. The Morgan fingerprint density at radius 3 is 2.79 bits per heavy atom. The molecular weight excluding hydrogens is 266 g/mol. The van der Waals surface area contributed by atoms with Crippen LogP contribution in [0.5, 0.6) is 0 Å². The van der Waals surface area contributed by atoms with Crippen LogP contribution in [0.3, 0.4) is 0 Å². The summed E-state index contributed by atoms with van der Waals surface area (Å²) in [6.07, 6.45) is 1.88. The summed E-state index contributed by atoms with van der Waals surface area (Å²) in [5.41, 5.74) is -1.05. The molecule has 5 nitrogen and oxygen atoms in total. The maximum Gasteiger partial charge on any atom is 0.345 e. The number of ether oxygens (including phenoxy) is 1. The summed E-state index contributed by atoms with van der Waals surface area (Å²) >= 11 is 1.21. The van der Waals surface area contributed by atoms with Crippen LogP contribution in [0, 0.1) is 0 Å². The monoisotopic (exact) mass is 283 g/mol. The van der Waals surface area contributed by atoms with Gasteiger partial charge in [0, 0.05) is 11.3 Å². The number of thiazole rings is 1. The van der Waals surface area contributed by atoms with Gasteiger partial charge in [-0.3, -0.25) is 4.79 Å². The maximum absolute atomic E-state index is 11.9. The number of esters is 1. The van der Waals surface area contributed by atoms with E-state index in [1.165, 1.54) is 18.3 Å². The molecule has 1 fully saturated rings. The third kappa shape index (κ3) is 3.01. The number of carbonyl (C=O) groups excluding carboxylic acids is 2. The maximum atomic E-state index is 11.9. The number of ketones is 1. The molecule has 1 aliphatic carbocycles. The van der Waals surface area contributed by atoms with Crippen LogP contribution in [0.1, 0.15) is 49.7 Å². The summed E-state index contributed by atoms with van der Waals surface area (Å²) in [6.45, 7) is 3.14. The Morgan fingerprint density at radius 1 is 1.58 bits per heavy atom. The SMILES string of the molecule is CCOC(=O)C(O)(CC(C)=O)c1nc(C2CC2)cs1. The van der Waals surface area contributed by atoms with Gasteiger partial charge in [-0.25, -0.2) is 9.78 Å². The van der Waals surface area contributed by atoms with E-state index in [1.807, 2.05) is 5.38 Å². The lowest BCUT2D eigenvalue weighted by Crippen LogP contribution is -2.39. The highest BCUT2D eigenvalue weighted by atomic mass is 32.1. The van der Waals surface area contributed by atoms with Crippen molar-refractivity contribution in [2.24, 2.45) is 0 Å². The fourth-order valence-corrected chi connectivity index (χ4v) is 2.87. The van der Waals surface area contributed by atoms with Crippen molar-refractivity contribution in [1.82, 2.24) is 4.98 Å². The topological polar surface area (TPSA) is 76.5 Å². The Morgan fingerprint density at radius 2 is 2.26 bits per heavy atom. The van der Waals surface area contributed by atoms with Crippen LogP contribution in [-0.4, -0.2) is 28.4 Å². The fourth-order valence-electron chi connectivity index (χ4n) is 1.89. The van der Waals surface area contributed by atoms with Gasteiger partial charge in [-0.05, 0) is 26.7 Å². The molecule has 1 aromatic heterocycles. The standard InChI is InChI=1S/C13H17NO4S/c1-3-18-12(16)13(17,6-8(2)15)11-14-10(7-19-11)9-4-5-9/h7,9,17H,3-6H2,1-2H3. The molecule has 1 saturated carbocycles. The van der Waals surface area contributed by atoms with Crippen molar-refractivity contribution < 1.29 is 19.4 Å². The molecule has 0 aliphatic heterocycles. The van der Waals surface area contributed by atoms with Crippen molar-refractivity contribution in [3.8, 4) is 0 Å². The highest BCUT2D eigenvalue weighted by molar-refractivity contribution is 7.10. The van der Waals surface area contributed by atoms with Gasteiger partial charge in [0.15, 0.2) is 0 Å². The van der Waals surface area contributed by atoms with E-state index >= 15 is 0 Å². The molecule has 0 bridgehead atoms. The fraction of sp³-hybridized carbons (Fsp3) is 0.615. The minimum atomic E-state index is -1.94. The van der Waals surface area contributed by atoms with Crippen LogP contribution in [0.2, 0.25) is 0 Å². The van der Waals surface area contributed by atoms with Crippen molar-refractivity contribution in [2.75, 3.05) is 6.61 Å². The minimum absolute atomic E-state index is 0.153. The highest BCUT2D eigenvalue weighted by Gasteiger charge is 2.44. The second kappa shape index (κ2) is 5.38. The van der Waals surface area contributed by atoms with Gasteiger partial charge in [0.2, 0.25) is 5.60 Å². The van der Waals surface area contributed by atoms with Gasteiger partial charge in [-0.2, -0.15) is 0 Å². The first kappa shape index (κ1) is 14.1. The number of carbonyl (C=O) groups is 2. The third-order valence-electron chi connectivity index (χ3n) is 2.99. The molecule has 1 aromatic rings. The van der Waals surface area contributed by atoms with Gasteiger partial charge in [-0.15, -0.1) is 11.3 Å². The number of Topliss-reactive ketones (excluding diaryl/α,β-unsaturated/α-hetero) is 1. The molecule has 0 spiro atoms. The molecule has 1 heterocycles. The van der Waals surface area contributed by atoms with E-state index in [4.69, 9.17) is 4.74 Å². The van der Waals surface area contributed by atoms with Crippen LogP contribution >= 0.6 is 11.3 Å². The van der Waals surface area contributed by atoms with Crippen molar-refractivity contribution in [3.05, 3.63) is 16.1 Å².